The van der Waals surface area contributed by atoms with Crippen LogP contribution >= 0.6 is 0 Å². The SMILES string of the molecule is CCOC(=O)c1c(C)c(C(=O)C(C)N(Cc2ccco2)C(=O)CC)c(C)n1C. The Morgan fingerprint density at radius 1 is 1.25 bits per heavy atom. The molecule has 2 rings (SSSR count). The summed E-state index contributed by atoms with van der Waals surface area (Å²) >= 11 is 0. The molecule has 1 amide bonds. The van der Waals surface area contributed by atoms with E-state index in [1.807, 2.05) is 0 Å². The van der Waals surface area contributed by atoms with Crippen LogP contribution in [0, 0.1) is 13.8 Å². The highest BCUT2D eigenvalue weighted by Gasteiger charge is 2.32. The summed E-state index contributed by atoms with van der Waals surface area (Å²) in [4.78, 5) is 39.7. The van der Waals surface area contributed by atoms with Crippen molar-refractivity contribution >= 4 is 17.7 Å². The summed E-state index contributed by atoms with van der Waals surface area (Å²) in [6.07, 6.45) is 1.81. The first-order valence-electron chi connectivity index (χ1n) is 9.43. The van der Waals surface area contributed by atoms with Crippen LogP contribution in [0.15, 0.2) is 22.8 Å². The molecule has 7 nitrogen and oxygen atoms in total. The molecule has 1 unspecified atom stereocenters. The number of ether oxygens (including phenoxy) is 1. The second-order valence-electron chi connectivity index (χ2n) is 6.71. The number of rotatable bonds is 8. The van der Waals surface area contributed by atoms with Crippen LogP contribution in [0.5, 0.6) is 0 Å². The molecule has 0 saturated carbocycles. The molecule has 0 radical (unpaired) electrons. The molecule has 0 aliphatic rings. The van der Waals surface area contributed by atoms with Crippen LogP contribution in [0.4, 0.5) is 0 Å². The molecule has 0 N–H and O–H groups in total. The van der Waals surface area contributed by atoms with Crippen LogP contribution in [0.3, 0.4) is 0 Å². The van der Waals surface area contributed by atoms with Crippen LogP contribution in [0.1, 0.15) is 65.1 Å². The lowest BCUT2D eigenvalue weighted by molar-refractivity contribution is -0.133. The number of aromatic nitrogens is 1. The normalized spacial score (nSPS) is 11.9. The highest BCUT2D eigenvalue weighted by atomic mass is 16.5. The summed E-state index contributed by atoms with van der Waals surface area (Å²) in [5.74, 6) is -0.215. The molecule has 0 aliphatic carbocycles. The van der Waals surface area contributed by atoms with Crippen LogP contribution in [-0.2, 0) is 23.1 Å². The zero-order valence-corrected chi connectivity index (χ0v) is 17.4. The Balaban J connectivity index is 2.41. The maximum atomic E-state index is 13.3. The van der Waals surface area contributed by atoms with E-state index in [1.54, 1.807) is 58.4 Å². The van der Waals surface area contributed by atoms with Gasteiger partial charge in [0.25, 0.3) is 0 Å². The zero-order chi connectivity index (χ0) is 21.0. The second kappa shape index (κ2) is 8.91. The average molecular weight is 388 g/mol. The van der Waals surface area contributed by atoms with Gasteiger partial charge >= 0.3 is 5.97 Å². The van der Waals surface area contributed by atoms with Crippen LogP contribution in [0.25, 0.3) is 0 Å². The molecule has 2 aromatic heterocycles. The molecule has 0 spiro atoms. The molecule has 0 aliphatic heterocycles. The van der Waals surface area contributed by atoms with Crippen molar-refractivity contribution in [2.45, 2.75) is 53.6 Å². The fraction of sp³-hybridized carbons (Fsp3) is 0.476. The highest BCUT2D eigenvalue weighted by Crippen LogP contribution is 2.25. The van der Waals surface area contributed by atoms with E-state index in [-0.39, 0.29) is 31.3 Å². The molecule has 0 aromatic carbocycles. The van der Waals surface area contributed by atoms with E-state index in [0.29, 0.717) is 28.3 Å². The molecular formula is C21H28N2O5. The van der Waals surface area contributed by atoms with Crippen molar-refractivity contribution in [3.63, 3.8) is 0 Å². The topological polar surface area (TPSA) is 81.8 Å². The fourth-order valence-corrected chi connectivity index (χ4v) is 3.39. The lowest BCUT2D eigenvalue weighted by atomic mass is 9.99. The number of nitrogens with zero attached hydrogens (tertiary/aromatic N) is 2. The van der Waals surface area contributed by atoms with Gasteiger partial charge in [-0.05, 0) is 45.4 Å². The third kappa shape index (κ3) is 4.03. The number of Topliss-reactive ketones (excluding diaryl/α,β-unsaturated/α-hetero) is 1. The van der Waals surface area contributed by atoms with Gasteiger partial charge in [0.15, 0.2) is 5.78 Å². The number of amides is 1. The number of carbonyl (C=O) groups excluding carboxylic acids is 3. The van der Waals surface area contributed by atoms with E-state index in [0.717, 1.165) is 0 Å². The molecule has 2 heterocycles. The Bertz CT molecular complexity index is 864. The molecule has 28 heavy (non-hydrogen) atoms. The van der Waals surface area contributed by atoms with Crippen molar-refractivity contribution in [2.24, 2.45) is 7.05 Å². The maximum absolute atomic E-state index is 13.3. The van der Waals surface area contributed by atoms with Crippen molar-refractivity contribution in [3.8, 4) is 0 Å². The summed E-state index contributed by atoms with van der Waals surface area (Å²) in [5.41, 5.74) is 2.04. The van der Waals surface area contributed by atoms with Crippen LogP contribution < -0.4 is 0 Å². The minimum atomic E-state index is -0.701. The third-order valence-electron chi connectivity index (χ3n) is 5.02. The van der Waals surface area contributed by atoms with Gasteiger partial charge in [-0.2, -0.15) is 0 Å². The maximum Gasteiger partial charge on any atom is 0.355 e. The van der Waals surface area contributed by atoms with Gasteiger partial charge in [-0.1, -0.05) is 6.92 Å². The van der Waals surface area contributed by atoms with Gasteiger partial charge in [0.05, 0.1) is 25.5 Å². The number of furan rings is 1. The minimum Gasteiger partial charge on any atom is -0.467 e. The summed E-state index contributed by atoms with van der Waals surface area (Å²) in [7, 11) is 1.73. The Labute approximate surface area is 165 Å². The van der Waals surface area contributed by atoms with Gasteiger partial charge in [-0.25, -0.2) is 4.79 Å². The van der Waals surface area contributed by atoms with Crippen molar-refractivity contribution in [3.05, 3.63) is 46.7 Å². The quantitative estimate of drug-likeness (QED) is 0.511. The Kier molecular flexibility index (Phi) is 6.83. The van der Waals surface area contributed by atoms with Crippen molar-refractivity contribution in [2.75, 3.05) is 6.61 Å². The van der Waals surface area contributed by atoms with Gasteiger partial charge in [0.1, 0.15) is 11.5 Å². The summed E-state index contributed by atoms with van der Waals surface area (Å²) in [5, 5.41) is 0. The second-order valence-corrected chi connectivity index (χ2v) is 6.71. The van der Waals surface area contributed by atoms with Crippen molar-refractivity contribution in [1.82, 2.24) is 9.47 Å². The number of carbonyl (C=O) groups is 3. The summed E-state index contributed by atoms with van der Waals surface area (Å²) in [6.45, 7) is 9.18. The highest BCUT2D eigenvalue weighted by molar-refractivity contribution is 6.06. The van der Waals surface area contributed by atoms with Crippen LogP contribution in [0.2, 0.25) is 0 Å². The molecule has 7 heteroatoms. The predicted octanol–water partition coefficient (Wildman–Crippen LogP) is 3.42. The fourth-order valence-electron chi connectivity index (χ4n) is 3.39. The molecule has 152 valence electrons. The van der Waals surface area contributed by atoms with E-state index >= 15 is 0 Å². The Hall–Kier alpha value is -2.83. The van der Waals surface area contributed by atoms with Gasteiger partial charge in [-0.3, -0.25) is 9.59 Å². The van der Waals surface area contributed by atoms with Gasteiger partial charge in [0, 0.05) is 24.7 Å². The summed E-state index contributed by atoms with van der Waals surface area (Å²) in [6, 6.07) is 2.81. The molecule has 2 aromatic rings. The largest absolute Gasteiger partial charge is 0.467 e. The number of hydrogen-bond acceptors (Lipinski definition) is 5. The van der Waals surface area contributed by atoms with Gasteiger partial charge in [-0.15, -0.1) is 0 Å². The first-order valence-corrected chi connectivity index (χ1v) is 9.43. The molecule has 0 bridgehead atoms. The Morgan fingerprint density at radius 3 is 2.46 bits per heavy atom. The Morgan fingerprint density at radius 2 is 1.93 bits per heavy atom. The lowest BCUT2D eigenvalue weighted by Gasteiger charge is -2.27. The third-order valence-corrected chi connectivity index (χ3v) is 5.02. The number of esters is 1. The van der Waals surface area contributed by atoms with Gasteiger partial charge < -0.3 is 18.6 Å². The molecule has 0 saturated heterocycles. The zero-order valence-electron chi connectivity index (χ0n) is 17.4. The number of ketones is 1. The monoisotopic (exact) mass is 388 g/mol. The predicted molar refractivity (Wildman–Crippen MR) is 104 cm³/mol. The van der Waals surface area contributed by atoms with Gasteiger partial charge in [0.2, 0.25) is 5.91 Å². The van der Waals surface area contributed by atoms with E-state index in [1.165, 1.54) is 11.2 Å². The van der Waals surface area contributed by atoms with E-state index in [9.17, 15) is 14.4 Å². The smallest absolute Gasteiger partial charge is 0.355 e. The first-order chi connectivity index (χ1) is 13.2. The van der Waals surface area contributed by atoms with Crippen molar-refractivity contribution < 1.29 is 23.5 Å². The summed E-state index contributed by atoms with van der Waals surface area (Å²) < 4.78 is 12.1. The molecular weight excluding hydrogens is 360 g/mol. The molecule has 0 fully saturated rings. The molecule has 1 atom stereocenters. The van der Waals surface area contributed by atoms with Crippen molar-refractivity contribution in [1.29, 1.82) is 0 Å². The van der Waals surface area contributed by atoms with E-state index < -0.39 is 12.0 Å². The average Bonchev–Trinajstić information content (AvgIpc) is 3.25. The van der Waals surface area contributed by atoms with E-state index in [4.69, 9.17) is 9.15 Å². The van der Waals surface area contributed by atoms with Crippen LogP contribution in [-0.4, -0.2) is 39.8 Å². The first kappa shape index (κ1) is 21.5. The number of hydrogen-bond donors (Lipinski definition) is 0. The lowest BCUT2D eigenvalue weighted by Crippen LogP contribution is -2.42. The van der Waals surface area contributed by atoms with E-state index in [2.05, 4.69) is 0 Å². The standard InChI is InChI=1S/C21H28N2O5/c1-7-17(24)23(12-16-10-9-11-28-16)15(5)20(25)18-13(3)19(21(26)27-8-2)22(6)14(18)4/h9-11,15H,7-8,12H2,1-6H3. The minimum absolute atomic E-state index is 0.144.